The van der Waals surface area contributed by atoms with E-state index in [1.807, 2.05) is 5.38 Å². The fourth-order valence-electron chi connectivity index (χ4n) is 4.33. The lowest BCUT2D eigenvalue weighted by molar-refractivity contribution is -0.121. The molecule has 2 unspecified atom stereocenters. The molecule has 28 heavy (non-hydrogen) atoms. The Morgan fingerprint density at radius 2 is 1.93 bits per heavy atom. The van der Waals surface area contributed by atoms with Crippen LogP contribution in [0, 0.1) is 17.8 Å². The van der Waals surface area contributed by atoms with Crippen LogP contribution in [0.5, 0.6) is 0 Å². The molecule has 3 heterocycles. The van der Waals surface area contributed by atoms with E-state index < -0.39 is 0 Å². The standard InChI is InChI=1S/C20H32N4O3S/c1-4-27-20(26)24-7-5-16(6-8-24)18(25)22-19-21-17(13-28-19)12-23-10-14(2)9-15(3)11-23/h13-16H,4-12H2,1-3H3,(H,21,22,25). The first-order valence-electron chi connectivity index (χ1n) is 10.3. The summed E-state index contributed by atoms with van der Waals surface area (Å²) in [6.45, 7) is 11.0. The summed E-state index contributed by atoms with van der Waals surface area (Å²) in [5.41, 5.74) is 1.03. The van der Waals surface area contributed by atoms with Gasteiger partial charge in [0, 0.05) is 44.0 Å². The molecule has 0 radical (unpaired) electrons. The zero-order valence-corrected chi connectivity index (χ0v) is 18.0. The Morgan fingerprint density at radius 1 is 1.25 bits per heavy atom. The fraction of sp³-hybridized carbons (Fsp3) is 0.750. The van der Waals surface area contributed by atoms with E-state index in [9.17, 15) is 9.59 Å². The van der Waals surface area contributed by atoms with Crippen molar-refractivity contribution in [3.63, 3.8) is 0 Å². The molecule has 2 amide bonds. The van der Waals surface area contributed by atoms with Crippen LogP contribution in [0.1, 0.15) is 45.7 Å². The summed E-state index contributed by atoms with van der Waals surface area (Å²) in [4.78, 5) is 33.1. The normalized spacial score (nSPS) is 24.2. The predicted octanol–water partition coefficient (Wildman–Crippen LogP) is 3.43. The molecule has 2 fully saturated rings. The molecule has 0 aromatic carbocycles. The highest BCUT2D eigenvalue weighted by Gasteiger charge is 2.28. The maximum absolute atomic E-state index is 12.6. The minimum absolute atomic E-state index is 0.00428. The highest BCUT2D eigenvalue weighted by Crippen LogP contribution is 2.25. The maximum atomic E-state index is 12.6. The van der Waals surface area contributed by atoms with Gasteiger partial charge in [0.2, 0.25) is 5.91 Å². The van der Waals surface area contributed by atoms with E-state index >= 15 is 0 Å². The van der Waals surface area contributed by atoms with E-state index in [1.54, 1.807) is 11.8 Å². The SMILES string of the molecule is CCOC(=O)N1CCC(C(=O)Nc2nc(CN3CC(C)CC(C)C3)cs2)CC1. The predicted molar refractivity (Wildman–Crippen MR) is 110 cm³/mol. The molecular formula is C20H32N4O3S. The van der Waals surface area contributed by atoms with Gasteiger partial charge in [0.1, 0.15) is 0 Å². The van der Waals surface area contributed by atoms with E-state index in [0.717, 1.165) is 37.2 Å². The Kier molecular flexibility index (Phi) is 7.29. The summed E-state index contributed by atoms with van der Waals surface area (Å²) in [5.74, 6) is 1.37. The van der Waals surface area contributed by atoms with Gasteiger partial charge in [-0.2, -0.15) is 0 Å². The number of thiazole rings is 1. The van der Waals surface area contributed by atoms with Crippen molar-refractivity contribution in [3.8, 4) is 0 Å². The second kappa shape index (κ2) is 9.69. The smallest absolute Gasteiger partial charge is 0.409 e. The molecule has 7 nitrogen and oxygen atoms in total. The molecule has 2 aliphatic heterocycles. The van der Waals surface area contributed by atoms with Crippen LogP contribution in [0.15, 0.2) is 5.38 Å². The van der Waals surface area contributed by atoms with E-state index in [1.165, 1.54) is 17.8 Å². The highest BCUT2D eigenvalue weighted by molar-refractivity contribution is 7.13. The fourth-order valence-corrected chi connectivity index (χ4v) is 5.04. The van der Waals surface area contributed by atoms with Gasteiger partial charge in [-0.1, -0.05) is 13.8 Å². The average molecular weight is 409 g/mol. The van der Waals surface area contributed by atoms with Crippen molar-refractivity contribution >= 4 is 28.5 Å². The topological polar surface area (TPSA) is 74.8 Å². The van der Waals surface area contributed by atoms with E-state index in [0.29, 0.717) is 37.7 Å². The van der Waals surface area contributed by atoms with Crippen LogP contribution in [-0.4, -0.2) is 59.6 Å². The Morgan fingerprint density at radius 3 is 2.57 bits per heavy atom. The molecule has 2 atom stereocenters. The molecule has 0 saturated carbocycles. The summed E-state index contributed by atoms with van der Waals surface area (Å²) >= 11 is 1.49. The third-order valence-corrected chi connectivity index (χ3v) is 6.31. The van der Waals surface area contributed by atoms with Crippen LogP contribution < -0.4 is 5.32 Å². The van der Waals surface area contributed by atoms with Crippen LogP contribution >= 0.6 is 11.3 Å². The Labute approximate surface area is 171 Å². The van der Waals surface area contributed by atoms with E-state index in [4.69, 9.17) is 4.74 Å². The second-order valence-corrected chi connectivity index (χ2v) is 9.09. The third kappa shape index (κ3) is 5.67. The average Bonchev–Trinajstić information content (AvgIpc) is 3.08. The summed E-state index contributed by atoms with van der Waals surface area (Å²) in [6.07, 6.45) is 2.33. The number of aromatic nitrogens is 1. The Bertz CT molecular complexity index is 662. The molecule has 0 spiro atoms. The molecular weight excluding hydrogens is 376 g/mol. The number of nitrogens with one attached hydrogen (secondary N) is 1. The Balaban J connectivity index is 1.46. The van der Waals surface area contributed by atoms with Crippen molar-refractivity contribution in [3.05, 3.63) is 11.1 Å². The molecule has 3 rings (SSSR count). The summed E-state index contributed by atoms with van der Waals surface area (Å²) in [7, 11) is 0. The van der Waals surface area contributed by atoms with Crippen molar-refractivity contribution in [2.75, 3.05) is 38.1 Å². The number of hydrogen-bond donors (Lipinski definition) is 1. The first-order chi connectivity index (χ1) is 13.4. The number of nitrogens with zero attached hydrogens (tertiary/aromatic N) is 3. The van der Waals surface area contributed by atoms with Gasteiger partial charge < -0.3 is 15.0 Å². The van der Waals surface area contributed by atoms with Crippen molar-refractivity contribution in [1.82, 2.24) is 14.8 Å². The first kappa shape index (κ1) is 21.0. The summed E-state index contributed by atoms with van der Waals surface area (Å²) in [5, 5.41) is 5.69. The zero-order chi connectivity index (χ0) is 20.1. The second-order valence-electron chi connectivity index (χ2n) is 8.23. The summed E-state index contributed by atoms with van der Waals surface area (Å²) in [6, 6.07) is 0. The third-order valence-electron chi connectivity index (χ3n) is 5.50. The number of carbonyl (C=O) groups excluding carboxylic acids is 2. The molecule has 2 saturated heterocycles. The van der Waals surface area contributed by atoms with Gasteiger partial charge in [0.25, 0.3) is 0 Å². The number of anilines is 1. The van der Waals surface area contributed by atoms with Gasteiger partial charge in [-0.3, -0.25) is 9.69 Å². The molecule has 156 valence electrons. The lowest BCUT2D eigenvalue weighted by Crippen LogP contribution is -2.41. The van der Waals surface area contributed by atoms with Gasteiger partial charge in [0.05, 0.1) is 12.3 Å². The van der Waals surface area contributed by atoms with Gasteiger partial charge in [-0.15, -0.1) is 11.3 Å². The van der Waals surface area contributed by atoms with Gasteiger partial charge in [-0.25, -0.2) is 9.78 Å². The molecule has 8 heteroatoms. The largest absolute Gasteiger partial charge is 0.450 e. The van der Waals surface area contributed by atoms with E-state index in [2.05, 4.69) is 29.0 Å². The van der Waals surface area contributed by atoms with Gasteiger partial charge >= 0.3 is 6.09 Å². The number of hydrogen-bond acceptors (Lipinski definition) is 6. The molecule has 1 aromatic heterocycles. The number of piperidine rings is 2. The Hall–Kier alpha value is -1.67. The molecule has 2 aliphatic rings. The van der Waals surface area contributed by atoms with Crippen LogP contribution in [0.4, 0.5) is 9.93 Å². The van der Waals surface area contributed by atoms with Crippen LogP contribution in [0.2, 0.25) is 0 Å². The van der Waals surface area contributed by atoms with Gasteiger partial charge in [-0.05, 0) is 38.0 Å². The quantitative estimate of drug-likeness (QED) is 0.808. The summed E-state index contributed by atoms with van der Waals surface area (Å²) < 4.78 is 5.03. The number of likely N-dealkylation sites (tertiary alicyclic amines) is 2. The lowest BCUT2D eigenvalue weighted by Gasteiger charge is -2.34. The number of ether oxygens (including phenoxy) is 1. The highest BCUT2D eigenvalue weighted by atomic mass is 32.1. The first-order valence-corrected chi connectivity index (χ1v) is 11.2. The minimum atomic E-state index is -0.285. The van der Waals surface area contributed by atoms with Crippen LogP contribution in [-0.2, 0) is 16.1 Å². The van der Waals surface area contributed by atoms with Crippen molar-refractivity contribution in [2.45, 2.75) is 46.6 Å². The van der Waals surface area contributed by atoms with Crippen molar-refractivity contribution in [2.24, 2.45) is 17.8 Å². The lowest BCUT2D eigenvalue weighted by atomic mass is 9.92. The van der Waals surface area contributed by atoms with E-state index in [-0.39, 0.29) is 17.9 Å². The van der Waals surface area contributed by atoms with Gasteiger partial charge in [0.15, 0.2) is 5.13 Å². The molecule has 1 aromatic rings. The maximum Gasteiger partial charge on any atom is 0.409 e. The van der Waals surface area contributed by atoms with Crippen LogP contribution in [0.25, 0.3) is 0 Å². The van der Waals surface area contributed by atoms with Crippen molar-refractivity contribution < 1.29 is 14.3 Å². The zero-order valence-electron chi connectivity index (χ0n) is 17.1. The molecule has 0 aliphatic carbocycles. The molecule has 0 bridgehead atoms. The monoisotopic (exact) mass is 408 g/mol. The van der Waals surface area contributed by atoms with Crippen LogP contribution in [0.3, 0.4) is 0 Å². The number of amides is 2. The van der Waals surface area contributed by atoms with Crippen molar-refractivity contribution in [1.29, 1.82) is 0 Å². The minimum Gasteiger partial charge on any atom is -0.450 e. The number of carbonyl (C=O) groups is 2. The molecule has 1 N–H and O–H groups in total. The number of rotatable bonds is 5.